The van der Waals surface area contributed by atoms with Gasteiger partial charge in [-0.15, -0.1) is 0 Å². The molecule has 0 heterocycles. The lowest BCUT2D eigenvalue weighted by molar-refractivity contribution is -0.189. The summed E-state index contributed by atoms with van der Waals surface area (Å²) >= 11 is 0. The number of hydrogen-bond acceptors (Lipinski definition) is 3. The number of carbonyl (C=O) groups is 1. The Labute approximate surface area is 142 Å². The highest BCUT2D eigenvalue weighted by atomic mass is 31.1. The second kappa shape index (κ2) is 9.28. The van der Waals surface area contributed by atoms with E-state index < -0.39 is 8.03 Å². The smallest absolute Gasteiger partial charge is 0.273 e. The first-order chi connectivity index (χ1) is 11.6. The Balaban J connectivity index is 2.05. The van der Waals surface area contributed by atoms with Crippen LogP contribution in [0.3, 0.4) is 0 Å². The van der Waals surface area contributed by atoms with E-state index >= 15 is 0 Å². The van der Waals surface area contributed by atoms with Gasteiger partial charge in [0.05, 0.1) is 6.54 Å². The zero-order chi connectivity index (χ0) is 17.4. The molecule has 1 unspecified atom stereocenters. The molecule has 0 saturated carbocycles. The zero-order valence-electron chi connectivity index (χ0n) is 13.6. The van der Waals surface area contributed by atoms with Gasteiger partial charge in [0.1, 0.15) is 6.61 Å². The van der Waals surface area contributed by atoms with Gasteiger partial charge in [-0.2, -0.15) is 4.89 Å². The summed E-state index contributed by atoms with van der Waals surface area (Å²) in [5.74, 6) is -0.222. The van der Waals surface area contributed by atoms with Crippen molar-refractivity contribution in [3.05, 3.63) is 60.2 Å². The summed E-state index contributed by atoms with van der Waals surface area (Å²) in [6.45, 7) is 1.97. The van der Waals surface area contributed by atoms with Gasteiger partial charge in [-0.05, 0) is 21.3 Å². The normalized spacial score (nSPS) is 11.2. The Bertz CT molecular complexity index is 690. The largest absolute Gasteiger partial charge is 0.505 e. The zero-order valence-corrected chi connectivity index (χ0v) is 14.5. The first-order valence-corrected chi connectivity index (χ1v) is 9.15. The lowest BCUT2D eigenvalue weighted by Crippen LogP contribution is -2.30. The quantitative estimate of drug-likeness (QED) is 0.584. The minimum absolute atomic E-state index is 0.156. The predicted octanol–water partition coefficient (Wildman–Crippen LogP) is 3.76. The third-order valence-electron chi connectivity index (χ3n) is 3.54. The van der Waals surface area contributed by atoms with E-state index in [1.54, 1.807) is 0 Å². The van der Waals surface area contributed by atoms with Gasteiger partial charge in [-0.3, -0.25) is 9.63 Å². The summed E-state index contributed by atoms with van der Waals surface area (Å²) < 4.78 is 10.7. The van der Waals surface area contributed by atoms with Crippen LogP contribution >= 0.6 is 8.03 Å². The fourth-order valence-corrected chi connectivity index (χ4v) is 2.77. The lowest BCUT2D eigenvalue weighted by Gasteiger charge is -2.20. The fourth-order valence-electron chi connectivity index (χ4n) is 2.36. The maximum Gasteiger partial charge on any atom is 0.505 e. The number of amides is 1. The third-order valence-corrected chi connectivity index (χ3v) is 4.24. The van der Waals surface area contributed by atoms with Crippen molar-refractivity contribution in [1.29, 1.82) is 0 Å². The molecule has 2 aromatic carbocycles. The van der Waals surface area contributed by atoms with Gasteiger partial charge in [-0.25, -0.2) is 5.06 Å². The molecule has 2 aromatic rings. The van der Waals surface area contributed by atoms with Crippen LogP contribution in [0, 0.1) is 0 Å². The van der Waals surface area contributed by atoms with Crippen molar-refractivity contribution in [3.8, 4) is 11.1 Å². The summed E-state index contributed by atoms with van der Waals surface area (Å²) in [7, 11) is -2.18. The number of rotatable bonds is 8. The van der Waals surface area contributed by atoms with E-state index in [-0.39, 0.29) is 18.7 Å². The number of hydrogen-bond donors (Lipinski definition) is 1. The Morgan fingerprint density at radius 1 is 1.12 bits per heavy atom. The van der Waals surface area contributed by atoms with Crippen LogP contribution in [0.4, 0.5) is 0 Å². The van der Waals surface area contributed by atoms with Gasteiger partial charge in [0, 0.05) is 13.3 Å². The van der Waals surface area contributed by atoms with Gasteiger partial charge < -0.3 is 0 Å². The molecule has 0 aliphatic carbocycles. The van der Waals surface area contributed by atoms with Crippen LogP contribution in [0.1, 0.15) is 18.9 Å². The molecule has 0 saturated heterocycles. The van der Waals surface area contributed by atoms with E-state index in [1.807, 2.05) is 54.6 Å². The summed E-state index contributed by atoms with van der Waals surface area (Å²) in [5.41, 5.74) is 3.12. The van der Waals surface area contributed by atoms with E-state index in [0.29, 0.717) is 13.0 Å². The van der Waals surface area contributed by atoms with Crippen LogP contribution in [-0.2, 0) is 20.8 Å². The Morgan fingerprint density at radius 2 is 1.79 bits per heavy atom. The van der Waals surface area contributed by atoms with Gasteiger partial charge >= 0.3 is 8.03 Å². The van der Waals surface area contributed by atoms with Crippen molar-refractivity contribution < 1.29 is 19.1 Å². The Morgan fingerprint density at radius 3 is 2.46 bits per heavy atom. The summed E-state index contributed by atoms with van der Waals surface area (Å²) in [6, 6.07) is 17.8. The van der Waals surface area contributed by atoms with Gasteiger partial charge in [0.2, 0.25) is 5.91 Å². The van der Waals surface area contributed by atoms with E-state index in [4.69, 9.17) is 9.73 Å². The number of benzene rings is 2. The highest BCUT2D eigenvalue weighted by molar-refractivity contribution is 7.37. The van der Waals surface area contributed by atoms with Crippen LogP contribution in [0.15, 0.2) is 54.6 Å². The fraction of sp³-hybridized carbons (Fsp3) is 0.278. The van der Waals surface area contributed by atoms with E-state index in [9.17, 15) is 9.36 Å². The molecule has 24 heavy (non-hydrogen) atoms. The Hall–Kier alpha value is -2.07. The van der Waals surface area contributed by atoms with Gasteiger partial charge in [0.15, 0.2) is 6.16 Å². The number of carbonyl (C=O) groups excluding carboxylic acids is 1. The molecule has 6 heteroatoms. The number of nitrogens with zero attached hydrogens (tertiary/aromatic N) is 1. The third kappa shape index (κ3) is 5.53. The highest BCUT2D eigenvalue weighted by Gasteiger charge is 2.15. The van der Waals surface area contributed by atoms with Crippen LogP contribution in [0.5, 0.6) is 0 Å². The molecule has 0 aromatic heterocycles. The minimum Gasteiger partial charge on any atom is -0.273 e. The van der Waals surface area contributed by atoms with Gasteiger partial charge in [0.25, 0.3) is 0 Å². The first kappa shape index (κ1) is 18.3. The molecule has 2 rings (SSSR count). The molecule has 1 atom stereocenters. The van der Waals surface area contributed by atoms with Crippen molar-refractivity contribution in [2.45, 2.75) is 20.0 Å². The van der Waals surface area contributed by atoms with Crippen molar-refractivity contribution in [2.75, 3.05) is 12.7 Å². The lowest BCUT2D eigenvalue weighted by atomic mass is 10.0. The van der Waals surface area contributed by atoms with E-state index in [2.05, 4.69) is 0 Å². The molecule has 0 bridgehead atoms. The molecule has 0 spiro atoms. The maximum atomic E-state index is 11.7. The molecule has 0 radical (unpaired) electrons. The predicted molar refractivity (Wildman–Crippen MR) is 93.4 cm³/mol. The van der Waals surface area contributed by atoms with Crippen LogP contribution in [0.25, 0.3) is 11.1 Å². The molecule has 0 fully saturated rings. The van der Waals surface area contributed by atoms with Crippen molar-refractivity contribution in [3.63, 3.8) is 0 Å². The Kier molecular flexibility index (Phi) is 7.07. The minimum atomic E-state index is -2.18. The van der Waals surface area contributed by atoms with E-state index in [0.717, 1.165) is 16.7 Å². The molecule has 1 N–H and O–H groups in total. The van der Waals surface area contributed by atoms with Crippen molar-refractivity contribution in [1.82, 2.24) is 5.06 Å². The maximum absolute atomic E-state index is 11.7. The van der Waals surface area contributed by atoms with Crippen LogP contribution in [0.2, 0.25) is 0 Å². The number of hydroxylamine groups is 2. The average Bonchev–Trinajstić information content (AvgIpc) is 2.58. The van der Waals surface area contributed by atoms with Crippen LogP contribution < -0.4 is 0 Å². The second-order valence-electron chi connectivity index (χ2n) is 5.35. The molecule has 126 valence electrons. The molecular formula is C18H21NO4P+. The molecule has 0 aliphatic rings. The average molecular weight is 346 g/mol. The highest BCUT2D eigenvalue weighted by Crippen LogP contribution is 2.24. The van der Waals surface area contributed by atoms with Crippen molar-refractivity contribution >= 4 is 13.9 Å². The first-order valence-electron chi connectivity index (χ1n) is 7.76. The molecule has 5 nitrogen and oxygen atoms in total. The summed E-state index contributed by atoms with van der Waals surface area (Å²) in [4.78, 5) is 26.1. The monoisotopic (exact) mass is 346 g/mol. The van der Waals surface area contributed by atoms with Crippen LogP contribution in [-0.4, -0.2) is 28.6 Å². The van der Waals surface area contributed by atoms with E-state index in [1.165, 1.54) is 12.0 Å². The molecule has 1 amide bonds. The topological polar surface area (TPSA) is 66.8 Å². The molecule has 0 aliphatic heterocycles. The second-order valence-corrected chi connectivity index (χ2v) is 6.50. The SMILES string of the molecule is CC(=O)N(CCC[P+](=O)O)OCc1ccccc1-c1ccccc1. The standard InChI is InChI=1S/C18H20NO4P/c1-15(20)19(12-7-13-24(21)22)23-14-17-10-5-6-11-18(17)16-8-3-2-4-9-16/h2-6,8-11H,7,12-14H2,1H3/p+1. The summed E-state index contributed by atoms with van der Waals surface area (Å²) in [6.07, 6.45) is 0.578. The summed E-state index contributed by atoms with van der Waals surface area (Å²) in [5, 5.41) is 1.25. The molecular weight excluding hydrogens is 325 g/mol. The van der Waals surface area contributed by atoms with Gasteiger partial charge in [-0.1, -0.05) is 54.6 Å². The van der Waals surface area contributed by atoms with Crippen molar-refractivity contribution in [2.24, 2.45) is 0 Å².